The molecule has 2 aliphatic rings. The van der Waals surface area contributed by atoms with E-state index in [1.165, 1.54) is 12.1 Å². The molecule has 0 radical (unpaired) electrons. The summed E-state index contributed by atoms with van der Waals surface area (Å²) in [5.41, 5.74) is -0.160. The van der Waals surface area contributed by atoms with Gasteiger partial charge in [-0.3, -0.25) is 4.79 Å². The highest BCUT2D eigenvalue weighted by Gasteiger charge is 2.39. The van der Waals surface area contributed by atoms with Gasteiger partial charge >= 0.3 is 11.6 Å². The number of nitrogens with zero attached hydrogens (tertiary/aromatic N) is 1. The van der Waals surface area contributed by atoms with E-state index in [1.54, 1.807) is 23.1 Å². The minimum Gasteiger partial charge on any atom is -0.482 e. The molecule has 2 fully saturated rings. The lowest BCUT2D eigenvalue weighted by atomic mass is 10.1. The second kappa shape index (κ2) is 9.32. The lowest BCUT2D eigenvalue weighted by molar-refractivity contribution is -0.155. The Labute approximate surface area is 185 Å². The molecule has 1 aromatic carbocycles. The van der Waals surface area contributed by atoms with Gasteiger partial charge in [0.25, 0.3) is 5.91 Å². The van der Waals surface area contributed by atoms with Crippen LogP contribution in [0.1, 0.15) is 32.1 Å². The van der Waals surface area contributed by atoms with Gasteiger partial charge < -0.3 is 18.8 Å². The smallest absolute Gasteiger partial charge is 0.344 e. The van der Waals surface area contributed by atoms with Crippen molar-refractivity contribution >= 4 is 32.7 Å². The van der Waals surface area contributed by atoms with Gasteiger partial charge in [-0.2, -0.15) is 0 Å². The van der Waals surface area contributed by atoms with Crippen LogP contribution in [-0.2, 0) is 24.2 Å². The predicted octanol–water partition coefficient (Wildman–Crippen LogP) is 1.67. The van der Waals surface area contributed by atoms with Crippen molar-refractivity contribution in [3.8, 4) is 5.75 Å². The zero-order chi connectivity index (χ0) is 22.7. The molecule has 1 atom stereocenters. The Morgan fingerprint density at radius 1 is 1.03 bits per heavy atom. The van der Waals surface area contributed by atoms with Crippen LogP contribution in [0.2, 0.25) is 0 Å². The number of hydrogen-bond acceptors (Lipinski definition) is 8. The molecule has 2 heterocycles. The number of ether oxygens (including phenoxy) is 2. The van der Waals surface area contributed by atoms with Crippen molar-refractivity contribution in [3.63, 3.8) is 0 Å². The molecule has 172 valence electrons. The van der Waals surface area contributed by atoms with Gasteiger partial charge in [0.2, 0.25) is 0 Å². The maximum absolute atomic E-state index is 12.9. The van der Waals surface area contributed by atoms with Gasteiger partial charge in [-0.15, -0.1) is 0 Å². The number of sulfone groups is 1. The predicted molar refractivity (Wildman–Crippen MR) is 115 cm³/mol. The summed E-state index contributed by atoms with van der Waals surface area (Å²) in [5, 5.41) is 0.714. The second-order valence-electron chi connectivity index (χ2n) is 8.20. The van der Waals surface area contributed by atoms with Crippen LogP contribution in [0.25, 0.3) is 11.0 Å². The molecule has 1 unspecified atom stereocenters. The molecule has 0 spiro atoms. The molecule has 1 amide bonds. The third-order valence-corrected chi connectivity index (χ3v) is 7.67. The van der Waals surface area contributed by atoms with Gasteiger partial charge in [0, 0.05) is 29.6 Å². The summed E-state index contributed by atoms with van der Waals surface area (Å²) in [6.07, 6.45) is 4.06. The van der Waals surface area contributed by atoms with Crippen LogP contribution in [-0.4, -0.2) is 62.0 Å². The Kier molecular flexibility index (Phi) is 6.50. The van der Waals surface area contributed by atoms with Gasteiger partial charge in [-0.1, -0.05) is 12.8 Å². The Balaban J connectivity index is 1.33. The first kappa shape index (κ1) is 22.3. The van der Waals surface area contributed by atoms with Crippen molar-refractivity contribution in [1.82, 2.24) is 4.90 Å². The molecular formula is C22H25NO8S. The van der Waals surface area contributed by atoms with Crippen molar-refractivity contribution in [2.45, 2.75) is 44.2 Å². The third-order valence-electron chi connectivity index (χ3n) is 5.92. The number of esters is 1. The number of fused-ring (bicyclic) bond motifs is 1. The van der Waals surface area contributed by atoms with Crippen LogP contribution in [0.4, 0.5) is 0 Å². The molecule has 1 aliphatic heterocycles. The summed E-state index contributed by atoms with van der Waals surface area (Å²) in [4.78, 5) is 38.0. The normalized spacial score (nSPS) is 20.3. The number of carbonyl (C=O) groups is 2. The number of amides is 1. The van der Waals surface area contributed by atoms with Crippen LogP contribution >= 0.6 is 0 Å². The molecular weight excluding hydrogens is 438 g/mol. The average molecular weight is 464 g/mol. The van der Waals surface area contributed by atoms with Crippen molar-refractivity contribution in [3.05, 3.63) is 40.8 Å². The Morgan fingerprint density at radius 2 is 1.78 bits per heavy atom. The lowest BCUT2D eigenvalue weighted by Gasteiger charge is -2.33. The van der Waals surface area contributed by atoms with Crippen LogP contribution in [0, 0.1) is 0 Å². The highest BCUT2D eigenvalue weighted by Crippen LogP contribution is 2.29. The highest BCUT2D eigenvalue weighted by atomic mass is 32.2. The molecule has 4 rings (SSSR count). The largest absolute Gasteiger partial charge is 0.482 e. The van der Waals surface area contributed by atoms with Crippen LogP contribution < -0.4 is 10.4 Å². The zero-order valence-electron chi connectivity index (χ0n) is 17.5. The van der Waals surface area contributed by atoms with Crippen molar-refractivity contribution in [2.75, 3.05) is 24.7 Å². The van der Waals surface area contributed by atoms with Gasteiger partial charge in [0.1, 0.15) is 11.3 Å². The number of hydrogen-bond donors (Lipinski definition) is 0. The summed E-state index contributed by atoms with van der Waals surface area (Å²) >= 11 is 0. The monoisotopic (exact) mass is 463 g/mol. The fourth-order valence-corrected chi connectivity index (χ4v) is 6.13. The SMILES string of the molecule is O=C(COc1ccc2ccc(=O)oc2c1)OCC(=O)N(C1CCCC1)C1CCS(=O)(=O)C1. The number of rotatable bonds is 7. The molecule has 1 saturated carbocycles. The standard InChI is InChI=1S/C22H25NO8S/c24-20(23(16-3-1-2-4-16)17-9-10-32(27,28)14-17)12-30-22(26)13-29-18-7-5-15-6-8-21(25)31-19(15)11-18/h5-8,11,16-17H,1-4,9-10,12-14H2. The van der Waals surface area contributed by atoms with Crippen LogP contribution in [0.15, 0.2) is 39.5 Å². The van der Waals surface area contributed by atoms with Crippen molar-refractivity contribution < 1.29 is 31.9 Å². The number of carbonyl (C=O) groups excluding carboxylic acids is 2. The average Bonchev–Trinajstić information content (AvgIpc) is 3.40. The molecule has 32 heavy (non-hydrogen) atoms. The van der Waals surface area contributed by atoms with E-state index in [2.05, 4.69) is 0 Å². The van der Waals surface area contributed by atoms with E-state index < -0.39 is 34.6 Å². The first-order chi connectivity index (χ1) is 15.3. The molecule has 0 bridgehead atoms. The van der Waals surface area contributed by atoms with Gasteiger partial charge in [0.15, 0.2) is 23.1 Å². The maximum atomic E-state index is 12.9. The molecule has 1 saturated heterocycles. The first-order valence-electron chi connectivity index (χ1n) is 10.6. The molecule has 9 nitrogen and oxygen atoms in total. The topological polar surface area (TPSA) is 120 Å². The van der Waals surface area contributed by atoms with Crippen LogP contribution in [0.3, 0.4) is 0 Å². The third kappa shape index (κ3) is 5.29. The van der Waals surface area contributed by atoms with E-state index in [-0.39, 0.29) is 29.5 Å². The van der Waals surface area contributed by atoms with E-state index in [1.807, 2.05) is 0 Å². The number of benzene rings is 1. The van der Waals surface area contributed by atoms with Crippen molar-refractivity contribution in [2.24, 2.45) is 0 Å². The molecule has 1 aliphatic carbocycles. The molecule has 2 aromatic rings. The van der Waals surface area contributed by atoms with Crippen molar-refractivity contribution in [1.29, 1.82) is 0 Å². The van der Waals surface area contributed by atoms with E-state index in [9.17, 15) is 22.8 Å². The summed E-state index contributed by atoms with van der Waals surface area (Å²) in [6.45, 7) is -0.876. The first-order valence-corrected chi connectivity index (χ1v) is 12.5. The maximum Gasteiger partial charge on any atom is 0.344 e. The van der Waals surface area contributed by atoms with Gasteiger partial charge in [0.05, 0.1) is 11.5 Å². The minimum atomic E-state index is -3.14. The fourth-order valence-electron chi connectivity index (χ4n) is 4.41. The lowest BCUT2D eigenvalue weighted by Crippen LogP contribution is -2.48. The highest BCUT2D eigenvalue weighted by molar-refractivity contribution is 7.91. The summed E-state index contributed by atoms with van der Waals surface area (Å²) in [7, 11) is -3.14. The molecule has 0 N–H and O–H groups in total. The Hall–Kier alpha value is -2.88. The Bertz CT molecular complexity index is 1170. The summed E-state index contributed by atoms with van der Waals surface area (Å²) in [5.74, 6) is -0.741. The van der Waals surface area contributed by atoms with E-state index in [0.717, 1.165) is 25.7 Å². The second-order valence-corrected chi connectivity index (χ2v) is 10.4. The minimum absolute atomic E-state index is 0.0111. The van der Waals surface area contributed by atoms with E-state index in [4.69, 9.17) is 13.9 Å². The zero-order valence-corrected chi connectivity index (χ0v) is 18.3. The van der Waals surface area contributed by atoms with Crippen LogP contribution in [0.5, 0.6) is 5.75 Å². The van der Waals surface area contributed by atoms with Gasteiger partial charge in [-0.05, 0) is 37.5 Å². The summed E-state index contributed by atoms with van der Waals surface area (Å²) in [6, 6.07) is 7.38. The molecule has 1 aromatic heterocycles. The van der Waals surface area contributed by atoms with Gasteiger partial charge in [-0.25, -0.2) is 18.0 Å². The summed E-state index contributed by atoms with van der Waals surface area (Å²) < 4.78 is 39.4. The quantitative estimate of drug-likeness (QED) is 0.449. The van der Waals surface area contributed by atoms with E-state index >= 15 is 0 Å². The fraction of sp³-hybridized carbons (Fsp3) is 0.500. The van der Waals surface area contributed by atoms with E-state index in [0.29, 0.717) is 23.1 Å². The Morgan fingerprint density at radius 3 is 2.50 bits per heavy atom. The molecule has 10 heteroatoms.